The number of rotatable bonds is 1. The number of benzene rings is 1. The molecule has 1 atom stereocenters. The number of anilines is 1. The van der Waals surface area contributed by atoms with Gasteiger partial charge >= 0.3 is 0 Å². The maximum absolute atomic E-state index is 12.8. The molecule has 1 aromatic carbocycles. The van der Waals surface area contributed by atoms with E-state index in [9.17, 15) is 14.4 Å². The van der Waals surface area contributed by atoms with Gasteiger partial charge in [0.25, 0.3) is 5.56 Å². The molecule has 0 aliphatic heterocycles. The predicted molar refractivity (Wildman–Crippen MR) is 83.1 cm³/mol. The molecule has 1 aliphatic rings. The van der Waals surface area contributed by atoms with Gasteiger partial charge < -0.3 is 5.73 Å². The average molecular weight is 320 g/mol. The third-order valence-electron chi connectivity index (χ3n) is 3.93. The number of nitrogen functional groups attached to an aromatic ring is 1. The van der Waals surface area contributed by atoms with E-state index in [-0.39, 0.29) is 41.0 Å². The molecule has 0 bridgehead atoms. The quantitative estimate of drug-likeness (QED) is 0.639. The third-order valence-corrected chi connectivity index (χ3v) is 4.15. The number of ketones is 2. The van der Waals surface area contributed by atoms with E-state index < -0.39 is 6.04 Å². The molecule has 0 saturated heterocycles. The lowest BCUT2D eigenvalue weighted by Crippen LogP contribution is -2.36. The molecule has 1 saturated carbocycles. The first-order chi connectivity index (χ1) is 10.4. The fourth-order valence-corrected chi connectivity index (χ4v) is 3.15. The summed E-state index contributed by atoms with van der Waals surface area (Å²) < 4.78 is 1.35. The standard InChI is InChI=1S/C15H14ClN3O3/c1-7-18-11-5-8(16)4-10(17)14(11)15(22)19(7)12-3-2-9(20)6-13(12)21/h4-5,12H,2-3,6,17H2,1H3/t12-/m1/s1. The number of hydrogen-bond donors (Lipinski definition) is 1. The van der Waals surface area contributed by atoms with Crippen LogP contribution < -0.4 is 11.3 Å². The summed E-state index contributed by atoms with van der Waals surface area (Å²) in [6.45, 7) is 1.65. The molecule has 1 fully saturated rings. The number of nitrogens with two attached hydrogens (primary N) is 1. The molecule has 1 aliphatic carbocycles. The molecule has 7 heteroatoms. The van der Waals surface area contributed by atoms with Crippen molar-refractivity contribution in [2.45, 2.75) is 32.2 Å². The number of halogens is 1. The number of Topliss-reactive ketones (excluding diaryl/α,β-unsaturated/α-hetero) is 2. The molecule has 0 spiro atoms. The summed E-state index contributed by atoms with van der Waals surface area (Å²) in [5.74, 6) is 0.0639. The lowest BCUT2D eigenvalue weighted by atomic mass is 9.92. The zero-order chi connectivity index (χ0) is 16.0. The lowest BCUT2D eigenvalue weighted by molar-refractivity contribution is -0.132. The van der Waals surface area contributed by atoms with E-state index in [1.807, 2.05) is 0 Å². The number of carbonyl (C=O) groups is 2. The van der Waals surface area contributed by atoms with Gasteiger partial charge in [-0.2, -0.15) is 0 Å². The Morgan fingerprint density at radius 3 is 2.73 bits per heavy atom. The number of hydrogen-bond acceptors (Lipinski definition) is 5. The zero-order valence-corrected chi connectivity index (χ0v) is 12.7. The number of carbonyl (C=O) groups excluding carboxylic acids is 2. The van der Waals surface area contributed by atoms with Gasteiger partial charge in [0, 0.05) is 17.1 Å². The van der Waals surface area contributed by atoms with Crippen molar-refractivity contribution in [3.05, 3.63) is 33.3 Å². The number of fused-ring (bicyclic) bond motifs is 1. The third kappa shape index (κ3) is 2.29. The minimum Gasteiger partial charge on any atom is -0.398 e. The Kier molecular flexibility index (Phi) is 3.48. The molecule has 0 amide bonds. The van der Waals surface area contributed by atoms with Crippen LogP contribution in [-0.4, -0.2) is 21.1 Å². The van der Waals surface area contributed by atoms with Crippen LogP contribution in [0.5, 0.6) is 0 Å². The van der Waals surface area contributed by atoms with Gasteiger partial charge in [0.05, 0.1) is 23.4 Å². The minimum atomic E-state index is -0.655. The Balaban J connectivity index is 2.25. The van der Waals surface area contributed by atoms with E-state index in [4.69, 9.17) is 17.3 Å². The van der Waals surface area contributed by atoms with Crippen molar-refractivity contribution >= 4 is 39.8 Å². The van der Waals surface area contributed by atoms with Crippen molar-refractivity contribution in [1.29, 1.82) is 0 Å². The predicted octanol–water partition coefficient (Wildman–Crippen LogP) is 1.80. The van der Waals surface area contributed by atoms with Crippen molar-refractivity contribution in [2.75, 3.05) is 5.73 Å². The van der Waals surface area contributed by atoms with Crippen LogP contribution in [0.25, 0.3) is 10.9 Å². The second-order valence-corrected chi connectivity index (χ2v) is 5.90. The normalized spacial score (nSPS) is 18.9. The van der Waals surface area contributed by atoms with Crippen LogP contribution in [-0.2, 0) is 9.59 Å². The molecule has 2 N–H and O–H groups in total. The Morgan fingerprint density at radius 1 is 1.32 bits per heavy atom. The van der Waals surface area contributed by atoms with E-state index >= 15 is 0 Å². The van der Waals surface area contributed by atoms with Gasteiger partial charge in [-0.3, -0.25) is 19.0 Å². The molecule has 3 rings (SSSR count). The SMILES string of the molecule is Cc1nc2cc(Cl)cc(N)c2c(=O)n1[C@@H]1CCC(=O)CC1=O. The highest BCUT2D eigenvalue weighted by Crippen LogP contribution is 2.26. The van der Waals surface area contributed by atoms with Gasteiger partial charge in [-0.1, -0.05) is 11.6 Å². The van der Waals surface area contributed by atoms with Crippen LogP contribution in [0.2, 0.25) is 5.02 Å². The smallest absolute Gasteiger partial charge is 0.264 e. The lowest BCUT2D eigenvalue weighted by Gasteiger charge is -2.24. The largest absolute Gasteiger partial charge is 0.398 e. The highest BCUT2D eigenvalue weighted by molar-refractivity contribution is 6.31. The summed E-state index contributed by atoms with van der Waals surface area (Å²) in [4.78, 5) is 40.6. The van der Waals surface area contributed by atoms with Crippen molar-refractivity contribution < 1.29 is 9.59 Å². The highest BCUT2D eigenvalue weighted by atomic mass is 35.5. The topological polar surface area (TPSA) is 95.0 Å². The van der Waals surface area contributed by atoms with Crippen LogP contribution in [0, 0.1) is 6.92 Å². The number of aromatic nitrogens is 2. The van der Waals surface area contributed by atoms with Gasteiger partial charge in [0.15, 0.2) is 5.78 Å². The fraction of sp³-hybridized carbons (Fsp3) is 0.333. The van der Waals surface area contributed by atoms with Crippen molar-refractivity contribution in [2.24, 2.45) is 0 Å². The summed E-state index contributed by atoms with van der Waals surface area (Å²) in [7, 11) is 0. The molecule has 0 radical (unpaired) electrons. The van der Waals surface area contributed by atoms with Crippen LogP contribution in [0.1, 0.15) is 31.1 Å². The molecule has 1 heterocycles. The van der Waals surface area contributed by atoms with Crippen LogP contribution in [0.4, 0.5) is 5.69 Å². The monoisotopic (exact) mass is 319 g/mol. The Labute approximate surface area is 130 Å². The average Bonchev–Trinajstić information content (AvgIpc) is 2.39. The first-order valence-corrected chi connectivity index (χ1v) is 7.28. The minimum absolute atomic E-state index is 0.0907. The summed E-state index contributed by atoms with van der Waals surface area (Å²) in [6.07, 6.45) is 0.472. The Morgan fingerprint density at radius 2 is 2.05 bits per heavy atom. The fourth-order valence-electron chi connectivity index (χ4n) is 2.93. The highest BCUT2D eigenvalue weighted by Gasteiger charge is 2.30. The maximum atomic E-state index is 12.8. The van der Waals surface area contributed by atoms with E-state index in [0.717, 1.165) is 0 Å². The summed E-state index contributed by atoms with van der Waals surface area (Å²) >= 11 is 5.94. The summed E-state index contributed by atoms with van der Waals surface area (Å²) in [5.41, 5.74) is 6.15. The molecular formula is C15H14ClN3O3. The number of nitrogens with zero attached hydrogens (tertiary/aromatic N) is 2. The number of aryl methyl sites for hydroxylation is 1. The van der Waals surface area contributed by atoms with Crippen molar-refractivity contribution in [3.8, 4) is 0 Å². The maximum Gasteiger partial charge on any atom is 0.264 e. The molecule has 2 aromatic rings. The van der Waals surface area contributed by atoms with Crippen LogP contribution in [0.3, 0.4) is 0 Å². The van der Waals surface area contributed by atoms with Crippen LogP contribution in [0.15, 0.2) is 16.9 Å². The van der Waals surface area contributed by atoms with Gasteiger partial charge in [-0.05, 0) is 25.5 Å². The van der Waals surface area contributed by atoms with Crippen molar-refractivity contribution in [1.82, 2.24) is 9.55 Å². The molecule has 6 nitrogen and oxygen atoms in total. The van der Waals surface area contributed by atoms with Gasteiger partial charge in [0.1, 0.15) is 11.6 Å². The molecule has 22 heavy (non-hydrogen) atoms. The second-order valence-electron chi connectivity index (χ2n) is 5.46. The second kappa shape index (κ2) is 5.21. The zero-order valence-electron chi connectivity index (χ0n) is 11.9. The first kappa shape index (κ1) is 14.7. The molecular weight excluding hydrogens is 306 g/mol. The summed E-state index contributed by atoms with van der Waals surface area (Å²) in [5, 5.41) is 0.646. The summed E-state index contributed by atoms with van der Waals surface area (Å²) in [6, 6.07) is 2.40. The van der Waals surface area contributed by atoms with E-state index in [0.29, 0.717) is 22.8 Å². The van der Waals surface area contributed by atoms with E-state index in [1.54, 1.807) is 13.0 Å². The van der Waals surface area contributed by atoms with E-state index in [1.165, 1.54) is 10.6 Å². The van der Waals surface area contributed by atoms with Gasteiger partial charge in [-0.15, -0.1) is 0 Å². The molecule has 1 aromatic heterocycles. The molecule has 114 valence electrons. The Hall–Kier alpha value is -2.21. The molecule has 0 unspecified atom stereocenters. The van der Waals surface area contributed by atoms with Gasteiger partial charge in [-0.25, -0.2) is 4.98 Å². The van der Waals surface area contributed by atoms with Gasteiger partial charge in [0.2, 0.25) is 0 Å². The van der Waals surface area contributed by atoms with Crippen molar-refractivity contribution in [3.63, 3.8) is 0 Å². The Bertz CT molecular complexity index is 872. The van der Waals surface area contributed by atoms with E-state index in [2.05, 4.69) is 4.98 Å². The van der Waals surface area contributed by atoms with Crippen LogP contribution >= 0.6 is 11.6 Å². The first-order valence-electron chi connectivity index (χ1n) is 6.90.